The molecule has 3 fully saturated rings. The molecule has 1 amide bonds. The van der Waals surface area contributed by atoms with E-state index in [4.69, 9.17) is 0 Å². The molecule has 2 aliphatic carbocycles. The quantitative estimate of drug-likeness (QED) is 0.802. The van der Waals surface area contributed by atoms with Crippen LogP contribution in [0, 0.1) is 5.92 Å². The van der Waals surface area contributed by atoms with E-state index in [0.29, 0.717) is 23.7 Å². The minimum absolute atomic E-state index is 0.323. The summed E-state index contributed by atoms with van der Waals surface area (Å²) in [6.45, 7) is 7.61. The molecule has 1 aromatic rings. The molecule has 2 heterocycles. The molecule has 28 heavy (non-hydrogen) atoms. The van der Waals surface area contributed by atoms with Crippen LogP contribution in [0.4, 0.5) is 0 Å². The first-order valence-corrected chi connectivity index (χ1v) is 11.4. The Morgan fingerprint density at radius 1 is 1.04 bits per heavy atom. The van der Waals surface area contributed by atoms with Crippen LogP contribution in [0.25, 0.3) is 0 Å². The third-order valence-corrected chi connectivity index (χ3v) is 7.91. The average Bonchev–Trinajstić information content (AvgIpc) is 3.48. The number of piperazine rings is 1. The molecule has 0 radical (unpaired) electrons. The van der Waals surface area contributed by atoms with E-state index in [-0.39, 0.29) is 0 Å². The van der Waals surface area contributed by atoms with Crippen molar-refractivity contribution >= 4 is 5.91 Å². The minimum atomic E-state index is 0.323. The molecular formula is C24H35N3O. The van der Waals surface area contributed by atoms with E-state index in [1.807, 2.05) is 0 Å². The first-order valence-electron chi connectivity index (χ1n) is 11.4. The number of benzene rings is 1. The van der Waals surface area contributed by atoms with Gasteiger partial charge in [-0.3, -0.25) is 4.79 Å². The summed E-state index contributed by atoms with van der Waals surface area (Å²) >= 11 is 0. The first kappa shape index (κ1) is 18.6. The van der Waals surface area contributed by atoms with Crippen molar-refractivity contribution in [2.24, 2.45) is 5.92 Å². The van der Waals surface area contributed by atoms with Crippen LogP contribution in [0.1, 0.15) is 55.6 Å². The number of nitrogens with zero attached hydrogens (tertiary/aromatic N) is 3. The topological polar surface area (TPSA) is 26.8 Å². The van der Waals surface area contributed by atoms with E-state index in [1.54, 1.807) is 5.56 Å². The van der Waals surface area contributed by atoms with Gasteiger partial charge in [-0.2, -0.15) is 0 Å². The van der Waals surface area contributed by atoms with Crippen molar-refractivity contribution in [3.05, 3.63) is 35.4 Å². The van der Waals surface area contributed by atoms with Crippen LogP contribution >= 0.6 is 0 Å². The fourth-order valence-corrected chi connectivity index (χ4v) is 5.91. The number of likely N-dealkylation sites (tertiary alicyclic amines) is 1. The number of hydrogen-bond donors (Lipinski definition) is 0. The highest BCUT2D eigenvalue weighted by molar-refractivity contribution is 5.77. The predicted octanol–water partition coefficient (Wildman–Crippen LogP) is 3.08. The molecular weight excluding hydrogens is 346 g/mol. The van der Waals surface area contributed by atoms with Crippen LogP contribution in [0.15, 0.2) is 24.3 Å². The molecule has 0 bridgehead atoms. The van der Waals surface area contributed by atoms with Gasteiger partial charge in [-0.05, 0) is 80.6 Å². The Hall–Kier alpha value is -1.39. The number of amides is 1. The maximum Gasteiger partial charge on any atom is 0.223 e. The third-order valence-electron chi connectivity index (χ3n) is 7.91. The predicted molar refractivity (Wildman–Crippen MR) is 113 cm³/mol. The van der Waals surface area contributed by atoms with Gasteiger partial charge in [0.05, 0.1) is 0 Å². The van der Waals surface area contributed by atoms with Crippen LogP contribution in [-0.4, -0.2) is 73.5 Å². The highest BCUT2D eigenvalue weighted by atomic mass is 16.2. The summed E-state index contributed by atoms with van der Waals surface area (Å²) in [4.78, 5) is 20.1. The zero-order valence-electron chi connectivity index (χ0n) is 17.4. The van der Waals surface area contributed by atoms with Gasteiger partial charge in [-0.1, -0.05) is 24.3 Å². The zero-order chi connectivity index (χ0) is 19.1. The molecule has 4 aliphatic rings. The number of piperidine rings is 1. The van der Waals surface area contributed by atoms with Gasteiger partial charge in [0.2, 0.25) is 5.91 Å². The molecule has 0 aromatic heterocycles. The van der Waals surface area contributed by atoms with Crippen LogP contribution in [0.2, 0.25) is 0 Å². The molecule has 1 atom stereocenters. The Morgan fingerprint density at radius 2 is 1.75 bits per heavy atom. The van der Waals surface area contributed by atoms with Gasteiger partial charge in [0.15, 0.2) is 0 Å². The zero-order valence-corrected chi connectivity index (χ0v) is 17.4. The fraction of sp³-hybridized carbons (Fsp3) is 0.708. The van der Waals surface area contributed by atoms with E-state index in [1.165, 1.54) is 57.3 Å². The molecule has 1 spiro atoms. The highest BCUT2D eigenvalue weighted by Gasteiger charge is 2.46. The summed E-state index contributed by atoms with van der Waals surface area (Å²) < 4.78 is 0. The molecule has 5 rings (SSSR count). The summed E-state index contributed by atoms with van der Waals surface area (Å²) in [5.74, 6) is 1.77. The lowest BCUT2D eigenvalue weighted by atomic mass is 9.73. The average molecular weight is 382 g/mol. The van der Waals surface area contributed by atoms with Gasteiger partial charge in [0, 0.05) is 39.1 Å². The molecule has 1 aromatic carbocycles. The number of carbonyl (C=O) groups excluding carboxylic acids is 1. The van der Waals surface area contributed by atoms with Crippen molar-refractivity contribution in [3.63, 3.8) is 0 Å². The molecule has 1 unspecified atom stereocenters. The maximum atomic E-state index is 13.0. The lowest BCUT2D eigenvalue weighted by Crippen LogP contribution is -2.47. The Kier molecular flexibility index (Phi) is 4.96. The third kappa shape index (κ3) is 3.61. The van der Waals surface area contributed by atoms with E-state index in [2.05, 4.69) is 46.0 Å². The second kappa shape index (κ2) is 7.46. The summed E-state index contributed by atoms with van der Waals surface area (Å²) in [6, 6.07) is 9.06. The molecule has 4 nitrogen and oxygen atoms in total. The van der Waals surface area contributed by atoms with Gasteiger partial charge in [0.25, 0.3) is 0 Å². The Morgan fingerprint density at radius 3 is 2.46 bits per heavy atom. The van der Waals surface area contributed by atoms with E-state index < -0.39 is 0 Å². The number of carbonyl (C=O) groups is 1. The van der Waals surface area contributed by atoms with Crippen LogP contribution < -0.4 is 0 Å². The first-order chi connectivity index (χ1) is 13.6. The smallest absolute Gasteiger partial charge is 0.223 e. The monoisotopic (exact) mass is 381 g/mol. The maximum absolute atomic E-state index is 13.0. The van der Waals surface area contributed by atoms with Gasteiger partial charge >= 0.3 is 0 Å². The van der Waals surface area contributed by atoms with E-state index in [9.17, 15) is 4.79 Å². The van der Waals surface area contributed by atoms with E-state index >= 15 is 0 Å². The van der Waals surface area contributed by atoms with Crippen molar-refractivity contribution < 1.29 is 4.79 Å². The molecule has 2 aliphatic heterocycles. The van der Waals surface area contributed by atoms with Crippen molar-refractivity contribution in [3.8, 4) is 0 Å². The molecule has 0 N–H and O–H groups in total. The van der Waals surface area contributed by atoms with Crippen molar-refractivity contribution in [2.45, 2.75) is 49.9 Å². The van der Waals surface area contributed by atoms with Crippen molar-refractivity contribution in [2.75, 3.05) is 52.9 Å². The summed E-state index contributed by atoms with van der Waals surface area (Å²) in [5, 5.41) is 0. The summed E-state index contributed by atoms with van der Waals surface area (Å²) in [6.07, 6.45) is 7.32. The molecule has 152 valence electrons. The van der Waals surface area contributed by atoms with Crippen LogP contribution in [-0.2, 0) is 10.2 Å². The minimum Gasteiger partial charge on any atom is -0.340 e. The fourth-order valence-electron chi connectivity index (χ4n) is 5.91. The second-order valence-electron chi connectivity index (χ2n) is 9.90. The lowest BCUT2D eigenvalue weighted by Gasteiger charge is -2.40. The number of likely N-dealkylation sites (N-methyl/N-ethyl adjacent to an activating group) is 1. The standard InChI is InChI=1S/C24H35N3O/c1-25-12-14-27(15-13-25)23(28)16-20-17-24(22-5-3-2-4-21(20)22)8-10-26(11-9-24)18-19-6-7-19/h2-5,19-20H,6-18H2,1H3. The van der Waals surface area contributed by atoms with Crippen molar-refractivity contribution in [1.82, 2.24) is 14.7 Å². The second-order valence-corrected chi connectivity index (χ2v) is 9.90. The normalized spacial score (nSPS) is 27.9. The van der Waals surface area contributed by atoms with Gasteiger partial charge in [-0.15, -0.1) is 0 Å². The number of fused-ring (bicyclic) bond motifs is 2. The van der Waals surface area contributed by atoms with Gasteiger partial charge in [-0.25, -0.2) is 0 Å². The summed E-state index contributed by atoms with van der Waals surface area (Å²) in [5.41, 5.74) is 3.36. The molecule has 4 heteroatoms. The van der Waals surface area contributed by atoms with Gasteiger partial charge < -0.3 is 14.7 Å². The highest BCUT2D eigenvalue weighted by Crippen LogP contribution is 2.53. The summed E-state index contributed by atoms with van der Waals surface area (Å²) in [7, 11) is 2.15. The SMILES string of the molecule is CN1CCN(C(=O)CC2CC3(CCN(CC4CC4)CC3)c3ccccc32)CC1. The van der Waals surface area contributed by atoms with Crippen LogP contribution in [0.5, 0.6) is 0 Å². The Balaban J connectivity index is 1.28. The number of hydrogen-bond acceptors (Lipinski definition) is 3. The molecule has 2 saturated heterocycles. The van der Waals surface area contributed by atoms with Crippen LogP contribution in [0.3, 0.4) is 0 Å². The van der Waals surface area contributed by atoms with Crippen molar-refractivity contribution in [1.29, 1.82) is 0 Å². The number of rotatable bonds is 4. The largest absolute Gasteiger partial charge is 0.340 e. The Bertz CT molecular complexity index is 712. The Labute approximate surface area is 169 Å². The van der Waals surface area contributed by atoms with E-state index in [0.717, 1.165) is 32.1 Å². The lowest BCUT2D eigenvalue weighted by molar-refractivity contribution is -0.133. The van der Waals surface area contributed by atoms with Gasteiger partial charge in [0.1, 0.15) is 0 Å². The molecule has 1 saturated carbocycles.